The van der Waals surface area contributed by atoms with E-state index in [1.165, 1.54) is 19.3 Å². The summed E-state index contributed by atoms with van der Waals surface area (Å²) >= 11 is 0. The lowest BCUT2D eigenvalue weighted by Gasteiger charge is -2.31. The molecule has 18 heavy (non-hydrogen) atoms. The number of anilines is 1. The van der Waals surface area contributed by atoms with Gasteiger partial charge >= 0.3 is 6.01 Å². The van der Waals surface area contributed by atoms with Crippen molar-refractivity contribution < 1.29 is 4.42 Å². The first-order chi connectivity index (χ1) is 8.46. The standard InChI is InChI=1S/C13H24N4O/c1-10-7-5-6-8-17(10)12-16-15-11(18-12)9-14-13(2,3)4/h10,14H,5-9H2,1-4H3. The van der Waals surface area contributed by atoms with E-state index in [1.54, 1.807) is 0 Å². The maximum Gasteiger partial charge on any atom is 0.318 e. The third-order valence-corrected chi connectivity index (χ3v) is 3.27. The van der Waals surface area contributed by atoms with E-state index in [2.05, 4.69) is 48.1 Å². The number of hydrogen-bond donors (Lipinski definition) is 1. The highest BCUT2D eigenvalue weighted by molar-refractivity contribution is 5.26. The molecule has 1 aliphatic heterocycles. The van der Waals surface area contributed by atoms with E-state index in [0.717, 1.165) is 6.54 Å². The van der Waals surface area contributed by atoms with Gasteiger partial charge < -0.3 is 14.6 Å². The number of rotatable bonds is 3. The van der Waals surface area contributed by atoms with Crippen LogP contribution in [-0.2, 0) is 6.54 Å². The van der Waals surface area contributed by atoms with Gasteiger partial charge in [0, 0.05) is 18.1 Å². The zero-order valence-electron chi connectivity index (χ0n) is 11.9. The summed E-state index contributed by atoms with van der Waals surface area (Å²) in [4.78, 5) is 2.22. The minimum atomic E-state index is 0.0625. The van der Waals surface area contributed by atoms with E-state index < -0.39 is 0 Å². The van der Waals surface area contributed by atoms with Crippen LogP contribution in [0.25, 0.3) is 0 Å². The van der Waals surface area contributed by atoms with Gasteiger partial charge in [0.05, 0.1) is 6.54 Å². The van der Waals surface area contributed by atoms with Crippen molar-refractivity contribution in [2.24, 2.45) is 0 Å². The van der Waals surface area contributed by atoms with E-state index in [0.29, 0.717) is 24.5 Å². The molecule has 0 saturated carbocycles. The summed E-state index contributed by atoms with van der Waals surface area (Å²) in [6, 6.07) is 1.18. The van der Waals surface area contributed by atoms with Crippen molar-refractivity contribution in [3.05, 3.63) is 5.89 Å². The summed E-state index contributed by atoms with van der Waals surface area (Å²) in [6.45, 7) is 10.2. The molecule has 0 amide bonds. The smallest absolute Gasteiger partial charge is 0.318 e. The second kappa shape index (κ2) is 5.26. The van der Waals surface area contributed by atoms with Crippen molar-refractivity contribution >= 4 is 6.01 Å². The normalized spacial score (nSPS) is 21.3. The molecule has 0 spiro atoms. The first-order valence-corrected chi connectivity index (χ1v) is 6.80. The molecule has 102 valence electrons. The molecule has 2 heterocycles. The van der Waals surface area contributed by atoms with Gasteiger partial charge in [-0.05, 0) is 47.0 Å². The van der Waals surface area contributed by atoms with Crippen LogP contribution in [0.1, 0.15) is 52.8 Å². The molecule has 5 heteroatoms. The quantitative estimate of drug-likeness (QED) is 0.895. The van der Waals surface area contributed by atoms with Gasteiger partial charge in [-0.25, -0.2) is 0 Å². The fourth-order valence-corrected chi connectivity index (χ4v) is 2.16. The number of nitrogens with one attached hydrogen (secondary N) is 1. The van der Waals surface area contributed by atoms with Crippen molar-refractivity contribution in [3.8, 4) is 0 Å². The van der Waals surface area contributed by atoms with E-state index in [9.17, 15) is 0 Å². The van der Waals surface area contributed by atoms with Crippen molar-refractivity contribution in [2.45, 2.75) is 65.1 Å². The van der Waals surface area contributed by atoms with E-state index in [4.69, 9.17) is 4.42 Å². The molecule has 1 N–H and O–H groups in total. The SMILES string of the molecule is CC1CCCCN1c1nnc(CNC(C)(C)C)o1. The Balaban J connectivity index is 1.97. The summed E-state index contributed by atoms with van der Waals surface area (Å²) in [5.74, 6) is 0.665. The monoisotopic (exact) mass is 252 g/mol. The summed E-state index contributed by atoms with van der Waals surface area (Å²) in [6.07, 6.45) is 3.71. The molecule has 0 bridgehead atoms. The molecule has 1 fully saturated rings. The maximum absolute atomic E-state index is 5.73. The topological polar surface area (TPSA) is 54.2 Å². The first-order valence-electron chi connectivity index (χ1n) is 6.80. The zero-order chi connectivity index (χ0) is 13.2. The van der Waals surface area contributed by atoms with Crippen LogP contribution >= 0.6 is 0 Å². The first kappa shape index (κ1) is 13.3. The average Bonchev–Trinajstić information content (AvgIpc) is 2.75. The van der Waals surface area contributed by atoms with E-state index >= 15 is 0 Å². The molecule has 1 aliphatic rings. The number of aromatic nitrogens is 2. The molecular weight excluding hydrogens is 228 g/mol. The van der Waals surface area contributed by atoms with Crippen molar-refractivity contribution in [1.82, 2.24) is 15.5 Å². The highest BCUT2D eigenvalue weighted by Crippen LogP contribution is 2.23. The number of hydrogen-bond acceptors (Lipinski definition) is 5. The van der Waals surface area contributed by atoms with Crippen LogP contribution < -0.4 is 10.2 Å². The maximum atomic E-state index is 5.73. The third-order valence-electron chi connectivity index (χ3n) is 3.27. The fourth-order valence-electron chi connectivity index (χ4n) is 2.16. The van der Waals surface area contributed by atoms with Crippen LogP contribution in [0.3, 0.4) is 0 Å². The Morgan fingerprint density at radius 1 is 1.33 bits per heavy atom. The van der Waals surface area contributed by atoms with Crippen LogP contribution in [0.15, 0.2) is 4.42 Å². The predicted molar refractivity (Wildman–Crippen MR) is 71.5 cm³/mol. The Morgan fingerprint density at radius 2 is 2.11 bits per heavy atom. The molecule has 1 unspecified atom stereocenters. The zero-order valence-corrected chi connectivity index (χ0v) is 11.9. The molecule has 0 radical (unpaired) electrons. The molecule has 0 aliphatic carbocycles. The van der Waals surface area contributed by atoms with Crippen molar-refractivity contribution in [3.63, 3.8) is 0 Å². The van der Waals surface area contributed by atoms with Crippen LogP contribution in [-0.4, -0.2) is 28.3 Å². The molecule has 5 nitrogen and oxygen atoms in total. The van der Waals surface area contributed by atoms with Crippen LogP contribution in [0, 0.1) is 0 Å². The van der Waals surface area contributed by atoms with E-state index in [1.807, 2.05) is 0 Å². The van der Waals surface area contributed by atoms with Crippen molar-refractivity contribution in [2.75, 3.05) is 11.4 Å². The molecule has 1 saturated heterocycles. The minimum absolute atomic E-state index is 0.0625. The minimum Gasteiger partial charge on any atom is -0.407 e. The van der Waals surface area contributed by atoms with Gasteiger partial charge in [-0.15, -0.1) is 5.10 Å². The molecular formula is C13H24N4O. The molecule has 0 aromatic carbocycles. The second-order valence-corrected chi connectivity index (χ2v) is 6.12. The molecule has 1 aromatic heterocycles. The Bertz CT molecular complexity index is 383. The van der Waals surface area contributed by atoms with Crippen molar-refractivity contribution in [1.29, 1.82) is 0 Å². The molecule has 1 atom stereocenters. The van der Waals surface area contributed by atoms with Gasteiger partial charge in [-0.1, -0.05) is 5.10 Å². The summed E-state index contributed by atoms with van der Waals surface area (Å²) in [5.41, 5.74) is 0.0625. The summed E-state index contributed by atoms with van der Waals surface area (Å²) in [5, 5.41) is 11.6. The Labute approximate surface area is 109 Å². The number of nitrogens with zero attached hydrogens (tertiary/aromatic N) is 3. The van der Waals surface area contributed by atoms with Crippen LogP contribution in [0.2, 0.25) is 0 Å². The summed E-state index contributed by atoms with van der Waals surface area (Å²) < 4.78 is 5.73. The van der Waals surface area contributed by atoms with Gasteiger partial charge in [0.15, 0.2) is 0 Å². The van der Waals surface area contributed by atoms with Crippen LogP contribution in [0.4, 0.5) is 6.01 Å². The predicted octanol–water partition coefficient (Wildman–Crippen LogP) is 2.34. The largest absolute Gasteiger partial charge is 0.407 e. The molecule has 1 aromatic rings. The van der Waals surface area contributed by atoms with Gasteiger partial charge in [-0.3, -0.25) is 0 Å². The lowest BCUT2D eigenvalue weighted by Crippen LogP contribution is -2.37. The Hall–Kier alpha value is -1.10. The average molecular weight is 252 g/mol. The van der Waals surface area contributed by atoms with Gasteiger partial charge in [-0.2, -0.15) is 0 Å². The van der Waals surface area contributed by atoms with E-state index in [-0.39, 0.29) is 5.54 Å². The Kier molecular flexibility index (Phi) is 3.90. The summed E-state index contributed by atoms with van der Waals surface area (Å²) in [7, 11) is 0. The third kappa shape index (κ3) is 3.45. The lowest BCUT2D eigenvalue weighted by atomic mass is 10.0. The lowest BCUT2D eigenvalue weighted by molar-refractivity contribution is 0.372. The molecule has 2 rings (SSSR count). The second-order valence-electron chi connectivity index (χ2n) is 6.12. The van der Waals surface area contributed by atoms with Gasteiger partial charge in [0.25, 0.3) is 0 Å². The Morgan fingerprint density at radius 3 is 2.78 bits per heavy atom. The van der Waals surface area contributed by atoms with Gasteiger partial charge in [0.2, 0.25) is 5.89 Å². The van der Waals surface area contributed by atoms with Gasteiger partial charge in [0.1, 0.15) is 0 Å². The number of piperidine rings is 1. The highest BCUT2D eigenvalue weighted by Gasteiger charge is 2.23. The highest BCUT2D eigenvalue weighted by atomic mass is 16.4. The fraction of sp³-hybridized carbons (Fsp3) is 0.846. The van der Waals surface area contributed by atoms with Crippen LogP contribution in [0.5, 0.6) is 0 Å².